The third-order valence-electron chi connectivity index (χ3n) is 4.23. The molecule has 6 nitrogen and oxygen atoms in total. The van der Waals surface area contributed by atoms with Gasteiger partial charge in [0.2, 0.25) is 5.91 Å². The van der Waals surface area contributed by atoms with Gasteiger partial charge in [-0.3, -0.25) is 9.59 Å². The predicted octanol–water partition coefficient (Wildman–Crippen LogP) is 3.08. The Morgan fingerprint density at radius 2 is 1.74 bits per heavy atom. The Labute approximate surface area is 161 Å². The van der Waals surface area contributed by atoms with Gasteiger partial charge in [-0.2, -0.15) is 0 Å². The first-order chi connectivity index (χ1) is 13.2. The number of fused-ring (bicyclic) bond motifs is 1. The van der Waals surface area contributed by atoms with Gasteiger partial charge in [-0.05, 0) is 55.3 Å². The zero-order valence-electron chi connectivity index (χ0n) is 14.7. The summed E-state index contributed by atoms with van der Waals surface area (Å²) >= 11 is 1.43. The van der Waals surface area contributed by atoms with E-state index in [1.54, 1.807) is 24.3 Å². The van der Waals surface area contributed by atoms with E-state index in [2.05, 4.69) is 10.6 Å². The number of anilines is 1. The summed E-state index contributed by atoms with van der Waals surface area (Å²) in [7, 11) is 0. The second kappa shape index (κ2) is 7.92. The minimum absolute atomic E-state index is 0.0652. The maximum atomic E-state index is 12.2. The summed E-state index contributed by atoms with van der Waals surface area (Å²) in [6, 6.07) is 12.9. The molecule has 2 aliphatic rings. The molecule has 1 saturated carbocycles. The SMILES string of the molecule is O=C(CSc1ccc2c(c1)OCCO2)Nc1ccc(C(=O)NC2CC2)cc1. The van der Waals surface area contributed by atoms with Crippen LogP contribution < -0.4 is 20.1 Å². The topological polar surface area (TPSA) is 76.7 Å². The molecule has 1 aliphatic heterocycles. The number of hydrogen-bond donors (Lipinski definition) is 2. The third kappa shape index (κ3) is 4.74. The largest absolute Gasteiger partial charge is 0.486 e. The molecule has 0 saturated heterocycles. The molecule has 0 bridgehead atoms. The number of benzene rings is 2. The summed E-state index contributed by atoms with van der Waals surface area (Å²) in [6.07, 6.45) is 2.11. The zero-order chi connectivity index (χ0) is 18.6. The fraction of sp³-hybridized carbons (Fsp3) is 0.300. The summed E-state index contributed by atoms with van der Waals surface area (Å²) in [5.74, 6) is 1.56. The van der Waals surface area contributed by atoms with Crippen molar-refractivity contribution in [3.63, 3.8) is 0 Å². The van der Waals surface area contributed by atoms with Gasteiger partial charge in [0.05, 0.1) is 5.75 Å². The molecule has 4 rings (SSSR count). The molecule has 0 radical (unpaired) electrons. The summed E-state index contributed by atoms with van der Waals surface area (Å²) in [5.41, 5.74) is 1.27. The van der Waals surface area contributed by atoms with Gasteiger partial charge in [-0.1, -0.05) is 0 Å². The maximum Gasteiger partial charge on any atom is 0.251 e. The number of nitrogens with one attached hydrogen (secondary N) is 2. The van der Waals surface area contributed by atoms with Crippen LogP contribution in [0.3, 0.4) is 0 Å². The summed E-state index contributed by atoms with van der Waals surface area (Å²) in [6.45, 7) is 1.10. The molecule has 0 unspecified atom stereocenters. The second-order valence-corrected chi connectivity index (χ2v) is 7.52. The Hall–Kier alpha value is -2.67. The highest BCUT2D eigenvalue weighted by Gasteiger charge is 2.23. The number of amides is 2. The summed E-state index contributed by atoms with van der Waals surface area (Å²) in [4.78, 5) is 25.1. The highest BCUT2D eigenvalue weighted by atomic mass is 32.2. The van der Waals surface area contributed by atoms with Crippen LogP contribution in [0.25, 0.3) is 0 Å². The van der Waals surface area contributed by atoms with Crippen LogP contribution in [0.4, 0.5) is 5.69 Å². The Morgan fingerprint density at radius 1 is 1.00 bits per heavy atom. The highest BCUT2D eigenvalue weighted by Crippen LogP contribution is 2.34. The number of hydrogen-bond acceptors (Lipinski definition) is 5. The van der Waals surface area contributed by atoms with Crippen LogP contribution >= 0.6 is 11.8 Å². The fourth-order valence-corrected chi connectivity index (χ4v) is 3.39. The number of ether oxygens (including phenoxy) is 2. The van der Waals surface area contributed by atoms with Gasteiger partial charge in [0.25, 0.3) is 5.91 Å². The number of carbonyl (C=O) groups excluding carboxylic acids is 2. The minimum Gasteiger partial charge on any atom is -0.486 e. The van der Waals surface area contributed by atoms with E-state index < -0.39 is 0 Å². The van der Waals surface area contributed by atoms with Crippen LogP contribution in [-0.2, 0) is 4.79 Å². The molecule has 1 heterocycles. The first kappa shape index (κ1) is 17.7. The van der Waals surface area contributed by atoms with Gasteiger partial charge in [-0.25, -0.2) is 0 Å². The van der Waals surface area contributed by atoms with Crippen molar-refractivity contribution in [3.8, 4) is 11.5 Å². The van der Waals surface area contributed by atoms with Crippen LogP contribution in [-0.4, -0.2) is 36.8 Å². The molecular weight excluding hydrogens is 364 g/mol. The van der Waals surface area contributed by atoms with Gasteiger partial charge in [0, 0.05) is 22.2 Å². The first-order valence-electron chi connectivity index (χ1n) is 8.90. The molecule has 27 heavy (non-hydrogen) atoms. The first-order valence-corrected chi connectivity index (χ1v) is 9.89. The van der Waals surface area contributed by atoms with Crippen molar-refractivity contribution in [3.05, 3.63) is 48.0 Å². The van der Waals surface area contributed by atoms with E-state index in [4.69, 9.17) is 9.47 Å². The molecule has 1 fully saturated rings. The van der Waals surface area contributed by atoms with Gasteiger partial charge < -0.3 is 20.1 Å². The number of rotatable bonds is 6. The van der Waals surface area contributed by atoms with E-state index in [0.717, 1.165) is 23.5 Å². The van der Waals surface area contributed by atoms with Crippen molar-refractivity contribution in [2.24, 2.45) is 0 Å². The van der Waals surface area contributed by atoms with Gasteiger partial charge in [-0.15, -0.1) is 11.8 Å². The Bertz CT molecular complexity index is 850. The molecule has 140 valence electrons. The zero-order valence-corrected chi connectivity index (χ0v) is 15.5. The quantitative estimate of drug-likeness (QED) is 0.749. The Morgan fingerprint density at radius 3 is 2.48 bits per heavy atom. The van der Waals surface area contributed by atoms with E-state index >= 15 is 0 Å². The van der Waals surface area contributed by atoms with E-state index in [0.29, 0.717) is 36.3 Å². The molecule has 2 N–H and O–H groups in total. The van der Waals surface area contributed by atoms with E-state index in [1.807, 2.05) is 18.2 Å². The monoisotopic (exact) mass is 384 g/mol. The maximum absolute atomic E-state index is 12.2. The lowest BCUT2D eigenvalue weighted by atomic mass is 10.2. The minimum atomic E-state index is -0.106. The highest BCUT2D eigenvalue weighted by molar-refractivity contribution is 8.00. The van der Waals surface area contributed by atoms with Crippen molar-refractivity contribution in [1.29, 1.82) is 0 Å². The van der Waals surface area contributed by atoms with E-state index in [9.17, 15) is 9.59 Å². The van der Waals surface area contributed by atoms with Crippen LogP contribution in [0, 0.1) is 0 Å². The Balaban J connectivity index is 1.28. The summed E-state index contributed by atoms with van der Waals surface area (Å²) < 4.78 is 11.0. The molecule has 7 heteroatoms. The molecule has 2 aromatic rings. The van der Waals surface area contributed by atoms with Crippen molar-refractivity contribution in [2.45, 2.75) is 23.8 Å². The van der Waals surface area contributed by atoms with Crippen LogP contribution in [0.15, 0.2) is 47.4 Å². The fourth-order valence-electron chi connectivity index (χ4n) is 2.66. The smallest absolute Gasteiger partial charge is 0.251 e. The van der Waals surface area contributed by atoms with Gasteiger partial charge in [0.1, 0.15) is 13.2 Å². The lowest BCUT2D eigenvalue weighted by molar-refractivity contribution is -0.113. The molecule has 1 aliphatic carbocycles. The third-order valence-corrected chi connectivity index (χ3v) is 5.22. The molecule has 2 amide bonds. The van der Waals surface area contributed by atoms with E-state index in [1.165, 1.54) is 11.8 Å². The molecule has 0 aromatic heterocycles. The van der Waals surface area contributed by atoms with Crippen LogP contribution in [0.2, 0.25) is 0 Å². The lowest BCUT2D eigenvalue weighted by Gasteiger charge is -2.18. The van der Waals surface area contributed by atoms with Crippen molar-refractivity contribution in [1.82, 2.24) is 5.32 Å². The van der Waals surface area contributed by atoms with Gasteiger partial charge >= 0.3 is 0 Å². The lowest BCUT2D eigenvalue weighted by Crippen LogP contribution is -2.25. The van der Waals surface area contributed by atoms with E-state index in [-0.39, 0.29) is 17.6 Å². The molecular formula is C20H20N2O4S. The molecule has 2 aromatic carbocycles. The standard InChI is InChI=1S/C20H20N2O4S/c23-19(12-27-16-7-8-17-18(11-16)26-10-9-25-17)21-14-3-1-13(2-4-14)20(24)22-15-5-6-15/h1-4,7-8,11,15H,5-6,9-10,12H2,(H,21,23)(H,22,24). The van der Waals surface area contributed by atoms with Crippen molar-refractivity contribution < 1.29 is 19.1 Å². The van der Waals surface area contributed by atoms with Crippen LogP contribution in [0.1, 0.15) is 23.2 Å². The van der Waals surface area contributed by atoms with Crippen molar-refractivity contribution in [2.75, 3.05) is 24.3 Å². The van der Waals surface area contributed by atoms with Gasteiger partial charge in [0.15, 0.2) is 11.5 Å². The van der Waals surface area contributed by atoms with Crippen molar-refractivity contribution >= 4 is 29.3 Å². The molecule has 0 spiro atoms. The Kier molecular flexibility index (Phi) is 5.20. The average Bonchev–Trinajstić information content (AvgIpc) is 3.51. The average molecular weight is 384 g/mol. The summed E-state index contributed by atoms with van der Waals surface area (Å²) in [5, 5.41) is 5.79. The predicted molar refractivity (Wildman–Crippen MR) is 104 cm³/mol. The second-order valence-electron chi connectivity index (χ2n) is 6.47. The van der Waals surface area contributed by atoms with Crippen LogP contribution in [0.5, 0.6) is 11.5 Å². The normalized spacial score (nSPS) is 15.1. The number of thioether (sulfide) groups is 1. The molecule has 0 atom stereocenters. The number of carbonyl (C=O) groups is 2.